The van der Waals surface area contributed by atoms with Gasteiger partial charge >= 0.3 is 6.09 Å². The Bertz CT molecular complexity index is 1550. The van der Waals surface area contributed by atoms with E-state index in [-0.39, 0.29) is 29.1 Å². The van der Waals surface area contributed by atoms with Crippen molar-refractivity contribution in [3.8, 4) is 11.1 Å². The van der Waals surface area contributed by atoms with Crippen molar-refractivity contribution < 1.29 is 22.7 Å². The molecule has 3 rings (SSSR count). The van der Waals surface area contributed by atoms with Crippen molar-refractivity contribution >= 4 is 27.9 Å². The number of rotatable bonds is 13. The first-order valence-corrected chi connectivity index (χ1v) is 16.3. The number of primary sulfonamides is 1. The van der Waals surface area contributed by atoms with Crippen molar-refractivity contribution in [2.45, 2.75) is 71.2 Å². The molecule has 2 unspecified atom stereocenters. The lowest BCUT2D eigenvalue weighted by Gasteiger charge is -2.29. The summed E-state index contributed by atoms with van der Waals surface area (Å²) >= 11 is 0. The predicted molar refractivity (Wildman–Crippen MR) is 173 cm³/mol. The van der Waals surface area contributed by atoms with E-state index >= 15 is 0 Å². The highest BCUT2D eigenvalue weighted by Crippen LogP contribution is 2.27. The highest BCUT2D eigenvalue weighted by Gasteiger charge is 2.21. The van der Waals surface area contributed by atoms with Gasteiger partial charge in [0.15, 0.2) is 6.23 Å². The Kier molecular flexibility index (Phi) is 12.2. The molecule has 3 aromatic rings. The number of alkyl carbamates (subject to hydrolysis) is 1. The van der Waals surface area contributed by atoms with Gasteiger partial charge in [-0.3, -0.25) is 20.4 Å². The fraction of sp³-hybridized carbons (Fsp3) is 0.364. The average Bonchev–Trinajstić information content (AvgIpc) is 3.00. The van der Waals surface area contributed by atoms with Crippen LogP contribution in [0.5, 0.6) is 0 Å². The Balaban J connectivity index is 1.71. The average molecular weight is 622 g/mol. The lowest BCUT2D eigenvalue weighted by Crippen LogP contribution is -2.41. The minimum Gasteiger partial charge on any atom is -0.430 e. The third kappa shape index (κ3) is 9.22. The van der Waals surface area contributed by atoms with Gasteiger partial charge in [-0.15, -0.1) is 0 Å². The van der Waals surface area contributed by atoms with E-state index in [1.165, 1.54) is 6.07 Å². The first-order chi connectivity index (χ1) is 20.9. The van der Waals surface area contributed by atoms with Gasteiger partial charge in [0.05, 0.1) is 11.3 Å². The number of sulfonamides is 1. The first kappa shape index (κ1) is 34.4. The van der Waals surface area contributed by atoms with Gasteiger partial charge in [-0.25, -0.2) is 18.4 Å². The first-order valence-electron chi connectivity index (χ1n) is 14.8. The van der Waals surface area contributed by atoms with Crippen molar-refractivity contribution in [2.75, 3.05) is 13.1 Å². The Hall–Kier alpha value is -4.06. The molecule has 0 aliphatic rings. The third-order valence-corrected chi connectivity index (χ3v) is 8.63. The van der Waals surface area contributed by atoms with Crippen molar-refractivity contribution in [2.24, 2.45) is 5.14 Å². The molecular formula is C33H43N5O5S. The van der Waals surface area contributed by atoms with Gasteiger partial charge in [0.1, 0.15) is 5.84 Å². The highest BCUT2D eigenvalue weighted by atomic mass is 32.2. The minimum atomic E-state index is -3.89. The SMILES string of the molecule is CCC(C)N(Cc1cccc(C(=N)NC(=O)OC(C)N(CC)CC)c1)C(=O)Cc1ccc(-c2ccccc2S(N)(=O)=O)cc1. The molecular weight excluding hydrogens is 578 g/mol. The van der Waals surface area contributed by atoms with Gasteiger partial charge in [0.2, 0.25) is 15.9 Å². The Morgan fingerprint density at radius 2 is 1.59 bits per heavy atom. The quantitative estimate of drug-likeness (QED) is 0.137. The largest absolute Gasteiger partial charge is 0.430 e. The monoisotopic (exact) mass is 621 g/mol. The second kappa shape index (κ2) is 15.6. The van der Waals surface area contributed by atoms with Crippen molar-refractivity contribution in [1.29, 1.82) is 5.41 Å². The molecule has 0 aromatic heterocycles. The summed E-state index contributed by atoms with van der Waals surface area (Å²) in [6.07, 6.45) is -0.207. The predicted octanol–water partition coefficient (Wildman–Crippen LogP) is 5.11. The number of benzene rings is 3. The van der Waals surface area contributed by atoms with Crippen LogP contribution in [0.1, 0.15) is 57.7 Å². The van der Waals surface area contributed by atoms with E-state index in [0.717, 1.165) is 30.6 Å². The summed E-state index contributed by atoms with van der Waals surface area (Å²) < 4.78 is 29.5. The number of nitrogens with one attached hydrogen (secondary N) is 2. The standard InChI is InChI=1S/C33H43N5O5S/c1-6-23(4)38(22-26-12-11-13-28(20-26)32(34)36-33(40)43-24(5)37(7-2)8-3)31(39)21-25-16-18-27(19-17-25)29-14-9-10-15-30(29)44(35,41)42/h9-20,23-24H,6-8,21-22H2,1-5H3,(H2,34,36,40)(H2,35,41,42). The van der Waals surface area contributed by atoms with Gasteiger partial charge in [-0.1, -0.05) is 81.4 Å². The molecule has 3 aromatic carbocycles. The number of amidine groups is 1. The summed E-state index contributed by atoms with van der Waals surface area (Å²) in [7, 11) is -3.89. The van der Waals surface area contributed by atoms with Crippen LogP contribution in [0.25, 0.3) is 11.1 Å². The molecule has 0 saturated heterocycles. The van der Waals surface area contributed by atoms with Gasteiger partial charge in [-0.2, -0.15) is 0 Å². The van der Waals surface area contributed by atoms with Gasteiger partial charge in [0, 0.05) is 23.7 Å². The Labute approximate surface area is 260 Å². The van der Waals surface area contributed by atoms with Crippen molar-refractivity contribution in [3.63, 3.8) is 0 Å². The number of hydrogen-bond donors (Lipinski definition) is 3. The van der Waals surface area contributed by atoms with E-state index in [2.05, 4.69) is 5.32 Å². The Morgan fingerprint density at radius 3 is 2.20 bits per heavy atom. The lowest BCUT2D eigenvalue weighted by atomic mass is 10.0. The molecule has 11 heteroatoms. The highest BCUT2D eigenvalue weighted by molar-refractivity contribution is 7.89. The van der Waals surface area contributed by atoms with Gasteiger partial charge < -0.3 is 9.64 Å². The van der Waals surface area contributed by atoms with Crippen LogP contribution in [0.15, 0.2) is 77.7 Å². The molecule has 236 valence electrons. The van der Waals surface area contributed by atoms with E-state index in [0.29, 0.717) is 23.2 Å². The maximum Gasteiger partial charge on any atom is 0.414 e. The maximum absolute atomic E-state index is 13.5. The third-order valence-electron chi connectivity index (χ3n) is 7.66. The number of ether oxygens (including phenoxy) is 1. The van der Waals surface area contributed by atoms with Crippen molar-refractivity contribution in [1.82, 2.24) is 15.1 Å². The molecule has 0 fully saturated rings. The second-order valence-electron chi connectivity index (χ2n) is 10.6. The van der Waals surface area contributed by atoms with Gasteiger partial charge in [-0.05, 0) is 62.2 Å². The van der Waals surface area contributed by atoms with Crippen LogP contribution in [0.2, 0.25) is 0 Å². The summed E-state index contributed by atoms with van der Waals surface area (Å²) in [5, 5.41) is 16.3. The smallest absolute Gasteiger partial charge is 0.414 e. The minimum absolute atomic E-state index is 0.0406. The summed E-state index contributed by atoms with van der Waals surface area (Å²) in [5.41, 5.74) is 3.30. The van der Waals surface area contributed by atoms with E-state index in [1.54, 1.807) is 60.4 Å². The zero-order valence-corrected chi connectivity index (χ0v) is 26.9. The van der Waals surface area contributed by atoms with Gasteiger partial charge in [0.25, 0.3) is 0 Å². The fourth-order valence-electron chi connectivity index (χ4n) is 4.93. The van der Waals surface area contributed by atoms with Crippen LogP contribution in [-0.4, -0.2) is 61.4 Å². The van der Waals surface area contributed by atoms with Crippen LogP contribution < -0.4 is 10.5 Å². The fourth-order valence-corrected chi connectivity index (χ4v) is 5.70. The molecule has 2 atom stereocenters. The van der Waals surface area contributed by atoms with Crippen LogP contribution >= 0.6 is 0 Å². The topological polar surface area (TPSA) is 146 Å². The van der Waals surface area contributed by atoms with Crippen molar-refractivity contribution in [3.05, 3.63) is 89.5 Å². The number of carbonyl (C=O) groups excluding carboxylic acids is 2. The zero-order chi connectivity index (χ0) is 32.4. The molecule has 0 heterocycles. The molecule has 44 heavy (non-hydrogen) atoms. The number of hydrogen-bond acceptors (Lipinski definition) is 7. The van der Waals surface area contributed by atoms with Crippen LogP contribution in [0, 0.1) is 5.41 Å². The number of nitrogens with two attached hydrogens (primary N) is 1. The lowest BCUT2D eigenvalue weighted by molar-refractivity contribution is -0.133. The molecule has 0 aliphatic carbocycles. The summed E-state index contributed by atoms with van der Waals surface area (Å²) in [5.74, 6) is -0.154. The molecule has 0 aliphatic heterocycles. The summed E-state index contributed by atoms with van der Waals surface area (Å²) in [6.45, 7) is 11.6. The van der Waals surface area contributed by atoms with E-state index in [4.69, 9.17) is 15.3 Å². The normalized spacial score (nSPS) is 12.8. The van der Waals surface area contributed by atoms with Crippen LogP contribution in [0.4, 0.5) is 4.79 Å². The number of nitrogens with zero attached hydrogens (tertiary/aromatic N) is 2. The van der Waals surface area contributed by atoms with Crippen LogP contribution in [0.3, 0.4) is 0 Å². The number of carbonyl (C=O) groups is 2. The zero-order valence-electron chi connectivity index (χ0n) is 26.0. The molecule has 0 spiro atoms. The molecule has 2 amide bonds. The molecule has 4 N–H and O–H groups in total. The van der Waals surface area contributed by atoms with Crippen LogP contribution in [-0.2, 0) is 32.5 Å². The second-order valence-corrected chi connectivity index (χ2v) is 12.1. The molecule has 0 saturated carbocycles. The molecule has 10 nitrogen and oxygen atoms in total. The van der Waals surface area contributed by atoms with E-state index < -0.39 is 22.3 Å². The number of amides is 2. The molecule has 0 bridgehead atoms. The Morgan fingerprint density at radius 1 is 0.932 bits per heavy atom. The molecule has 0 radical (unpaired) electrons. The van der Waals surface area contributed by atoms with E-state index in [9.17, 15) is 18.0 Å². The summed E-state index contributed by atoms with van der Waals surface area (Å²) in [6, 6.07) is 20.9. The van der Waals surface area contributed by atoms with E-state index in [1.807, 2.05) is 50.8 Å². The summed E-state index contributed by atoms with van der Waals surface area (Å²) in [4.78, 5) is 29.8. The maximum atomic E-state index is 13.5.